The van der Waals surface area contributed by atoms with Crippen LogP contribution in [0.2, 0.25) is 0 Å². The number of hydrogen-bond donors (Lipinski definition) is 2. The number of pyridine rings is 1. The van der Waals surface area contributed by atoms with E-state index in [1.54, 1.807) is 6.92 Å². The SMILES string of the molecule is CC(Cl)C(=O)NCc1ccc2cc[nH]c2n1. The van der Waals surface area contributed by atoms with Crippen LogP contribution in [-0.4, -0.2) is 21.3 Å². The molecule has 0 radical (unpaired) electrons. The summed E-state index contributed by atoms with van der Waals surface area (Å²) in [6.45, 7) is 2.03. The molecule has 0 aliphatic rings. The largest absolute Gasteiger partial charge is 0.349 e. The van der Waals surface area contributed by atoms with Crippen molar-refractivity contribution in [3.05, 3.63) is 30.1 Å². The first-order chi connectivity index (χ1) is 7.66. The molecule has 0 fully saturated rings. The van der Waals surface area contributed by atoms with E-state index < -0.39 is 5.38 Å². The second-order valence-electron chi connectivity index (χ2n) is 3.55. The predicted molar refractivity (Wildman–Crippen MR) is 63.3 cm³/mol. The molecule has 0 aliphatic carbocycles. The van der Waals surface area contributed by atoms with Gasteiger partial charge in [0.2, 0.25) is 5.91 Å². The maximum absolute atomic E-state index is 11.3. The van der Waals surface area contributed by atoms with Gasteiger partial charge in [-0.25, -0.2) is 4.98 Å². The summed E-state index contributed by atoms with van der Waals surface area (Å²) in [5.41, 5.74) is 1.63. The molecular formula is C11H12ClN3O. The zero-order chi connectivity index (χ0) is 11.5. The lowest BCUT2D eigenvalue weighted by atomic mass is 10.3. The molecule has 2 N–H and O–H groups in total. The van der Waals surface area contributed by atoms with Crippen LogP contribution in [0.3, 0.4) is 0 Å². The Hall–Kier alpha value is -1.55. The third-order valence-corrected chi connectivity index (χ3v) is 2.47. The number of aromatic nitrogens is 2. The van der Waals surface area contributed by atoms with Gasteiger partial charge in [-0.3, -0.25) is 4.79 Å². The summed E-state index contributed by atoms with van der Waals surface area (Å²) in [4.78, 5) is 18.6. The molecule has 2 aromatic heterocycles. The van der Waals surface area contributed by atoms with Crippen LogP contribution in [0.5, 0.6) is 0 Å². The van der Waals surface area contributed by atoms with Crippen molar-refractivity contribution in [1.82, 2.24) is 15.3 Å². The molecule has 0 aromatic carbocycles. The number of carbonyl (C=O) groups is 1. The highest BCUT2D eigenvalue weighted by Crippen LogP contribution is 2.09. The van der Waals surface area contributed by atoms with Crippen molar-refractivity contribution >= 4 is 28.5 Å². The van der Waals surface area contributed by atoms with Gasteiger partial charge in [0.15, 0.2) is 0 Å². The molecule has 16 heavy (non-hydrogen) atoms. The number of aromatic amines is 1. The number of rotatable bonds is 3. The van der Waals surface area contributed by atoms with E-state index in [9.17, 15) is 4.79 Å². The highest BCUT2D eigenvalue weighted by Gasteiger charge is 2.08. The summed E-state index contributed by atoms with van der Waals surface area (Å²) in [5, 5.41) is 3.25. The molecule has 0 bridgehead atoms. The molecule has 84 valence electrons. The van der Waals surface area contributed by atoms with E-state index >= 15 is 0 Å². The molecule has 0 aliphatic heterocycles. The van der Waals surface area contributed by atoms with Crippen molar-refractivity contribution in [2.24, 2.45) is 0 Å². The van der Waals surface area contributed by atoms with Gasteiger partial charge >= 0.3 is 0 Å². The predicted octanol–water partition coefficient (Wildman–Crippen LogP) is 1.81. The summed E-state index contributed by atoms with van der Waals surface area (Å²) in [6.07, 6.45) is 1.83. The van der Waals surface area contributed by atoms with Gasteiger partial charge in [-0.1, -0.05) is 0 Å². The van der Waals surface area contributed by atoms with Crippen molar-refractivity contribution < 1.29 is 4.79 Å². The zero-order valence-corrected chi connectivity index (χ0v) is 9.58. The standard InChI is InChI=1S/C11H12ClN3O/c1-7(12)11(16)14-6-9-3-2-8-4-5-13-10(8)15-9/h2-5,7H,6H2,1H3,(H,13,15)(H,14,16). The average Bonchev–Trinajstić information content (AvgIpc) is 2.72. The third-order valence-electron chi connectivity index (χ3n) is 2.27. The summed E-state index contributed by atoms with van der Waals surface area (Å²) in [7, 11) is 0. The second-order valence-corrected chi connectivity index (χ2v) is 4.21. The minimum absolute atomic E-state index is 0.185. The first-order valence-electron chi connectivity index (χ1n) is 5.01. The Morgan fingerprint density at radius 2 is 2.38 bits per heavy atom. The van der Waals surface area contributed by atoms with E-state index in [1.165, 1.54) is 0 Å². The summed E-state index contributed by atoms with van der Waals surface area (Å²) < 4.78 is 0. The third kappa shape index (κ3) is 2.33. The van der Waals surface area contributed by atoms with Crippen LogP contribution in [0.1, 0.15) is 12.6 Å². The fraction of sp³-hybridized carbons (Fsp3) is 0.273. The van der Waals surface area contributed by atoms with Gasteiger partial charge in [0.1, 0.15) is 11.0 Å². The molecule has 2 rings (SSSR count). The molecule has 2 heterocycles. The van der Waals surface area contributed by atoms with Gasteiger partial charge in [0.25, 0.3) is 0 Å². The summed E-state index contributed by atoms with van der Waals surface area (Å²) in [6, 6.07) is 5.80. The number of nitrogens with zero attached hydrogens (tertiary/aromatic N) is 1. The van der Waals surface area contributed by atoms with Gasteiger partial charge in [-0.15, -0.1) is 11.6 Å². The minimum atomic E-state index is -0.519. The fourth-order valence-electron chi connectivity index (χ4n) is 1.39. The molecule has 0 saturated carbocycles. The first-order valence-corrected chi connectivity index (χ1v) is 5.45. The Morgan fingerprint density at radius 3 is 3.12 bits per heavy atom. The number of carbonyl (C=O) groups excluding carboxylic acids is 1. The lowest BCUT2D eigenvalue weighted by molar-refractivity contribution is -0.120. The van der Waals surface area contributed by atoms with Crippen LogP contribution in [-0.2, 0) is 11.3 Å². The Kier molecular flexibility index (Phi) is 3.10. The molecule has 2 aromatic rings. The Balaban J connectivity index is 2.06. The summed E-state index contributed by atoms with van der Waals surface area (Å²) in [5.74, 6) is -0.185. The average molecular weight is 238 g/mol. The molecule has 1 unspecified atom stereocenters. The van der Waals surface area contributed by atoms with E-state index in [0.717, 1.165) is 16.7 Å². The smallest absolute Gasteiger partial charge is 0.238 e. The first kappa shape index (κ1) is 11.0. The second kappa shape index (κ2) is 4.53. The van der Waals surface area contributed by atoms with Crippen LogP contribution in [0.4, 0.5) is 0 Å². The van der Waals surface area contributed by atoms with E-state index in [0.29, 0.717) is 6.54 Å². The number of amides is 1. The number of hydrogen-bond acceptors (Lipinski definition) is 2. The normalized spacial score (nSPS) is 12.6. The Labute approximate surface area is 98.0 Å². The van der Waals surface area contributed by atoms with Crippen molar-refractivity contribution in [1.29, 1.82) is 0 Å². The van der Waals surface area contributed by atoms with E-state index in [1.807, 2.05) is 24.4 Å². The molecular weight excluding hydrogens is 226 g/mol. The van der Waals surface area contributed by atoms with Crippen LogP contribution >= 0.6 is 11.6 Å². The van der Waals surface area contributed by atoms with Gasteiger partial charge in [-0.05, 0) is 25.1 Å². The van der Waals surface area contributed by atoms with Crippen LogP contribution < -0.4 is 5.32 Å². The lowest BCUT2D eigenvalue weighted by Gasteiger charge is -2.05. The molecule has 0 spiro atoms. The van der Waals surface area contributed by atoms with Crippen LogP contribution in [0.25, 0.3) is 11.0 Å². The molecule has 1 amide bonds. The molecule has 4 nitrogen and oxygen atoms in total. The van der Waals surface area contributed by atoms with Gasteiger partial charge in [0, 0.05) is 11.6 Å². The zero-order valence-electron chi connectivity index (χ0n) is 8.83. The van der Waals surface area contributed by atoms with Gasteiger partial charge < -0.3 is 10.3 Å². The maximum Gasteiger partial charge on any atom is 0.238 e. The number of alkyl halides is 1. The van der Waals surface area contributed by atoms with Gasteiger partial charge in [0.05, 0.1) is 12.2 Å². The molecule has 1 atom stereocenters. The minimum Gasteiger partial charge on any atom is -0.349 e. The van der Waals surface area contributed by atoms with Crippen molar-refractivity contribution in [3.8, 4) is 0 Å². The fourth-order valence-corrected chi connectivity index (χ4v) is 1.46. The topological polar surface area (TPSA) is 57.8 Å². The molecule has 0 saturated heterocycles. The van der Waals surface area contributed by atoms with Crippen LogP contribution in [0.15, 0.2) is 24.4 Å². The Morgan fingerprint density at radius 1 is 1.56 bits per heavy atom. The van der Waals surface area contributed by atoms with Crippen molar-refractivity contribution in [2.75, 3.05) is 0 Å². The van der Waals surface area contributed by atoms with Crippen molar-refractivity contribution in [2.45, 2.75) is 18.8 Å². The number of H-pyrrole nitrogens is 1. The maximum atomic E-state index is 11.3. The Bertz CT molecular complexity index is 507. The monoisotopic (exact) mass is 237 g/mol. The van der Waals surface area contributed by atoms with Gasteiger partial charge in [-0.2, -0.15) is 0 Å². The van der Waals surface area contributed by atoms with E-state index in [-0.39, 0.29) is 5.91 Å². The van der Waals surface area contributed by atoms with E-state index in [4.69, 9.17) is 11.6 Å². The summed E-state index contributed by atoms with van der Waals surface area (Å²) >= 11 is 5.63. The van der Waals surface area contributed by atoms with Crippen molar-refractivity contribution in [3.63, 3.8) is 0 Å². The molecule has 5 heteroatoms. The number of nitrogens with one attached hydrogen (secondary N) is 2. The highest BCUT2D eigenvalue weighted by molar-refractivity contribution is 6.30. The van der Waals surface area contributed by atoms with Crippen LogP contribution in [0, 0.1) is 0 Å². The quantitative estimate of drug-likeness (QED) is 0.800. The number of fused-ring (bicyclic) bond motifs is 1. The lowest BCUT2D eigenvalue weighted by Crippen LogP contribution is -2.29. The highest BCUT2D eigenvalue weighted by atomic mass is 35.5. The van der Waals surface area contributed by atoms with E-state index in [2.05, 4.69) is 15.3 Å². The number of halogens is 1.